The first kappa shape index (κ1) is 15.6. The number of nitrogens with zero attached hydrogens (tertiary/aromatic N) is 2. The molecular weight excluding hydrogens is 281 g/mol. The van der Waals surface area contributed by atoms with Crippen molar-refractivity contribution in [1.82, 2.24) is 0 Å². The summed E-state index contributed by atoms with van der Waals surface area (Å²) in [4.78, 5) is 11.3. The van der Waals surface area contributed by atoms with Gasteiger partial charge in [0.2, 0.25) is 0 Å². The van der Waals surface area contributed by atoms with E-state index in [1.807, 2.05) is 0 Å². The summed E-state index contributed by atoms with van der Waals surface area (Å²) < 4.78 is 21.5. The normalized spacial score (nSPS) is 9.65. The molecule has 0 aromatic heterocycles. The summed E-state index contributed by atoms with van der Waals surface area (Å²) >= 11 is 0. The van der Waals surface area contributed by atoms with E-state index in [-0.39, 0.29) is 11.5 Å². The second kappa shape index (κ2) is 7.86. The predicted octanol–water partition coefficient (Wildman–Crippen LogP) is 4.12. The average molecular weight is 293 g/mol. The van der Waals surface area contributed by atoms with Crippen molar-refractivity contribution in [3.05, 3.63) is 71.1 Å². The molecule has 0 bridgehead atoms. The lowest BCUT2D eigenvalue weighted by Crippen LogP contribution is -1.99. The van der Waals surface area contributed by atoms with Gasteiger partial charge in [0.05, 0.1) is 0 Å². The van der Waals surface area contributed by atoms with Gasteiger partial charge in [-0.2, -0.15) is 0 Å². The van der Waals surface area contributed by atoms with E-state index in [0.717, 1.165) is 0 Å². The van der Waals surface area contributed by atoms with E-state index in [1.165, 1.54) is 0 Å². The van der Waals surface area contributed by atoms with Crippen LogP contribution >= 0.6 is 7.82 Å². The van der Waals surface area contributed by atoms with Crippen molar-refractivity contribution in [3.63, 3.8) is 0 Å². The van der Waals surface area contributed by atoms with E-state index in [1.54, 1.807) is 65.6 Å². The molecule has 0 aliphatic rings. The number of phosphoric ester groups is 1. The van der Waals surface area contributed by atoms with E-state index in [4.69, 9.17) is 20.1 Å². The fourth-order valence-corrected chi connectivity index (χ4v) is 2.06. The SMILES string of the molecule is O=P(O)(Oc1ccccc1)Oc1ccccc1.[N-]=[N+]=N. The number of para-hydroxylation sites is 2. The summed E-state index contributed by atoms with van der Waals surface area (Å²) in [6.07, 6.45) is 0. The standard InChI is InChI=1S/C12H11O4P.HN3/c13-17(14,15-11-7-3-1-4-8-11)16-12-9-5-2-6-10-12;1-3-2/h1-10H,(H,13,14);1H. The molecule has 0 aliphatic heterocycles. The molecule has 0 heterocycles. The lowest BCUT2D eigenvalue weighted by Gasteiger charge is -2.13. The molecule has 0 unspecified atom stereocenters. The molecule has 104 valence electrons. The fraction of sp³-hybridized carbons (Fsp3) is 0. The van der Waals surface area contributed by atoms with Gasteiger partial charge in [0, 0.05) is 0 Å². The Balaban J connectivity index is 0.000000612. The van der Waals surface area contributed by atoms with Gasteiger partial charge in [-0.15, -0.1) is 5.53 Å². The summed E-state index contributed by atoms with van der Waals surface area (Å²) in [6, 6.07) is 16.7. The van der Waals surface area contributed by atoms with E-state index >= 15 is 0 Å². The quantitative estimate of drug-likeness (QED) is 0.381. The van der Waals surface area contributed by atoms with Gasteiger partial charge in [-0.3, -0.25) is 4.89 Å². The molecule has 2 rings (SSSR count). The summed E-state index contributed by atoms with van der Waals surface area (Å²) in [5.74, 6) is 0.573. The molecule has 0 saturated heterocycles. The van der Waals surface area contributed by atoms with Crippen LogP contribution in [0.3, 0.4) is 0 Å². The zero-order chi connectivity index (χ0) is 14.8. The molecule has 0 spiro atoms. The molecular formula is C12H12N3O4P. The maximum Gasteiger partial charge on any atom is 0.584 e. The first-order valence-corrected chi connectivity index (χ1v) is 6.90. The van der Waals surface area contributed by atoms with Crippen LogP contribution in [0.1, 0.15) is 0 Å². The highest BCUT2D eigenvalue weighted by Gasteiger charge is 2.24. The van der Waals surface area contributed by atoms with Crippen molar-refractivity contribution >= 4 is 7.82 Å². The van der Waals surface area contributed by atoms with E-state index in [0.29, 0.717) is 0 Å². The smallest absolute Gasteiger partial charge is 0.395 e. The van der Waals surface area contributed by atoms with E-state index in [2.05, 4.69) is 0 Å². The number of rotatable bonds is 4. The molecule has 0 atom stereocenters. The Kier molecular flexibility index (Phi) is 6.13. The maximum absolute atomic E-state index is 11.7. The number of phosphoric acid groups is 1. The average Bonchev–Trinajstić information content (AvgIpc) is 2.40. The third kappa shape index (κ3) is 5.93. The minimum atomic E-state index is -4.14. The highest BCUT2D eigenvalue weighted by atomic mass is 31.2. The Morgan fingerprint density at radius 3 is 1.55 bits per heavy atom. The van der Waals surface area contributed by atoms with Crippen LogP contribution in [-0.2, 0) is 4.57 Å². The lowest BCUT2D eigenvalue weighted by molar-refractivity contribution is 0.291. The molecule has 0 saturated carbocycles. The lowest BCUT2D eigenvalue weighted by atomic mass is 10.3. The van der Waals surface area contributed by atoms with Crippen molar-refractivity contribution in [2.45, 2.75) is 0 Å². The number of benzene rings is 2. The molecule has 0 amide bonds. The Morgan fingerprint density at radius 1 is 0.950 bits per heavy atom. The predicted molar refractivity (Wildman–Crippen MR) is 73.4 cm³/mol. The van der Waals surface area contributed by atoms with Crippen LogP contribution in [0, 0.1) is 5.53 Å². The van der Waals surface area contributed by atoms with E-state index < -0.39 is 7.82 Å². The molecule has 2 aromatic carbocycles. The van der Waals surface area contributed by atoms with Crippen molar-refractivity contribution in [3.8, 4) is 11.5 Å². The van der Waals surface area contributed by atoms with Crippen LogP contribution in [0.2, 0.25) is 0 Å². The van der Waals surface area contributed by atoms with Crippen molar-refractivity contribution in [2.75, 3.05) is 0 Å². The van der Waals surface area contributed by atoms with Crippen LogP contribution in [0.15, 0.2) is 60.7 Å². The van der Waals surface area contributed by atoms with E-state index in [9.17, 15) is 9.46 Å². The Hall–Kier alpha value is -2.46. The van der Waals surface area contributed by atoms with Gasteiger partial charge in [0.1, 0.15) is 11.5 Å². The van der Waals surface area contributed by atoms with Crippen LogP contribution in [0.4, 0.5) is 0 Å². The molecule has 2 aromatic rings. The third-order valence-corrected chi connectivity index (χ3v) is 2.81. The minimum Gasteiger partial charge on any atom is -0.395 e. The van der Waals surface area contributed by atoms with Crippen molar-refractivity contribution in [1.29, 1.82) is 5.53 Å². The second-order valence-corrected chi connectivity index (χ2v) is 4.68. The number of hydrogen-bond acceptors (Lipinski definition) is 4. The summed E-state index contributed by atoms with van der Waals surface area (Å²) in [6.45, 7) is 0. The van der Waals surface area contributed by atoms with Crippen molar-refractivity contribution < 1.29 is 18.5 Å². The van der Waals surface area contributed by atoms with Crippen molar-refractivity contribution in [2.24, 2.45) is 0 Å². The first-order valence-electron chi connectivity index (χ1n) is 5.40. The molecule has 20 heavy (non-hydrogen) atoms. The number of nitrogens with one attached hydrogen (secondary N) is 1. The molecule has 7 nitrogen and oxygen atoms in total. The summed E-state index contributed by atoms with van der Waals surface area (Å²) in [7, 11) is -4.14. The van der Waals surface area contributed by atoms with Crippen LogP contribution in [0.5, 0.6) is 11.5 Å². The fourth-order valence-electron chi connectivity index (χ4n) is 1.25. The first-order chi connectivity index (χ1) is 9.57. The minimum absolute atomic E-state index is 0.286. The largest absolute Gasteiger partial charge is 0.584 e. The van der Waals surface area contributed by atoms with Gasteiger partial charge in [0.25, 0.3) is 0 Å². The van der Waals surface area contributed by atoms with Gasteiger partial charge >= 0.3 is 7.82 Å². The zero-order valence-electron chi connectivity index (χ0n) is 10.3. The van der Waals surface area contributed by atoms with Gasteiger partial charge in [-0.25, -0.2) is 4.57 Å². The van der Waals surface area contributed by atoms with Gasteiger partial charge in [-0.1, -0.05) is 36.4 Å². The molecule has 0 radical (unpaired) electrons. The van der Waals surface area contributed by atoms with Crippen LogP contribution < -0.4 is 9.05 Å². The molecule has 0 fully saturated rings. The van der Waals surface area contributed by atoms with Gasteiger partial charge < -0.3 is 9.05 Å². The monoisotopic (exact) mass is 293 g/mol. The molecule has 8 heteroatoms. The van der Waals surface area contributed by atoms with Gasteiger partial charge in [0.15, 0.2) is 0 Å². The third-order valence-electron chi connectivity index (χ3n) is 1.93. The summed E-state index contributed by atoms with van der Waals surface area (Å²) in [5, 5.41) is 0. The maximum atomic E-state index is 11.7. The Morgan fingerprint density at radius 2 is 1.25 bits per heavy atom. The Labute approximate surface area is 115 Å². The zero-order valence-corrected chi connectivity index (χ0v) is 11.2. The highest BCUT2D eigenvalue weighted by molar-refractivity contribution is 7.48. The molecule has 2 N–H and O–H groups in total. The second-order valence-electron chi connectivity index (χ2n) is 3.38. The number of hydrogen-bond donors (Lipinski definition) is 2. The molecule has 0 aliphatic carbocycles. The van der Waals surface area contributed by atoms with Crippen LogP contribution in [-0.4, -0.2) is 4.89 Å². The van der Waals surface area contributed by atoms with Gasteiger partial charge in [-0.05, 0) is 34.7 Å². The Bertz CT molecular complexity index is 555. The highest BCUT2D eigenvalue weighted by Crippen LogP contribution is 2.43. The topological polar surface area (TPSA) is 116 Å². The van der Waals surface area contributed by atoms with Crippen LogP contribution in [0.25, 0.3) is 10.4 Å². The summed E-state index contributed by atoms with van der Waals surface area (Å²) in [5.41, 5.74) is 12.2.